The number of carbonyl (C=O) groups is 3. The Hall–Kier alpha value is -1.61. The quantitative estimate of drug-likeness (QED) is 0.254. The molecular weight excluding hydrogens is 167 g/mol. The zero-order valence-electron chi connectivity index (χ0n) is 6.22. The van der Waals surface area contributed by atoms with Gasteiger partial charge >= 0.3 is 0 Å². The van der Waals surface area contributed by atoms with Crippen molar-refractivity contribution >= 4 is 23.3 Å². The standard InChI is InChI=1S/C7H5FO4/c1-2-5(10)7(12)6(11)4(8)3-9/h2H2,1H3. The van der Waals surface area contributed by atoms with Gasteiger partial charge in [0.25, 0.3) is 17.4 Å². The Morgan fingerprint density at radius 3 is 2.08 bits per heavy atom. The highest BCUT2D eigenvalue weighted by Crippen LogP contribution is 1.96. The van der Waals surface area contributed by atoms with Crippen LogP contribution < -0.4 is 0 Å². The van der Waals surface area contributed by atoms with Gasteiger partial charge in [0.2, 0.25) is 5.78 Å². The third kappa shape index (κ3) is 2.21. The summed E-state index contributed by atoms with van der Waals surface area (Å²) < 4.78 is 12.0. The van der Waals surface area contributed by atoms with Crippen LogP contribution >= 0.6 is 0 Å². The number of carbonyl (C=O) groups excluding carboxylic acids is 4. The summed E-state index contributed by atoms with van der Waals surface area (Å²) in [4.78, 5) is 41.0. The molecule has 0 radical (unpaired) electrons. The molecule has 0 fully saturated rings. The predicted molar refractivity (Wildman–Crippen MR) is 35.6 cm³/mol. The first-order chi connectivity index (χ1) is 5.54. The number of hydrogen-bond acceptors (Lipinski definition) is 4. The normalized spacial score (nSPS) is 8.50. The minimum absolute atomic E-state index is 0.198. The van der Waals surface area contributed by atoms with Gasteiger partial charge in [-0.3, -0.25) is 14.4 Å². The van der Waals surface area contributed by atoms with Crippen LogP contribution in [0.15, 0.2) is 5.83 Å². The minimum Gasteiger partial charge on any atom is -0.290 e. The molecule has 0 N–H and O–H groups in total. The zero-order chi connectivity index (χ0) is 9.72. The van der Waals surface area contributed by atoms with E-state index in [0.717, 1.165) is 0 Å². The van der Waals surface area contributed by atoms with Crippen molar-refractivity contribution in [2.75, 3.05) is 0 Å². The summed E-state index contributed by atoms with van der Waals surface area (Å²) in [6.07, 6.45) is -0.198. The summed E-state index contributed by atoms with van der Waals surface area (Å²) in [7, 11) is 0. The van der Waals surface area contributed by atoms with Crippen LogP contribution in [0.25, 0.3) is 0 Å². The lowest BCUT2D eigenvalue weighted by Gasteiger charge is -1.90. The van der Waals surface area contributed by atoms with Gasteiger partial charge in [-0.15, -0.1) is 0 Å². The lowest BCUT2D eigenvalue weighted by Crippen LogP contribution is -2.23. The van der Waals surface area contributed by atoms with Crippen molar-refractivity contribution in [3.8, 4) is 0 Å². The van der Waals surface area contributed by atoms with E-state index in [9.17, 15) is 23.6 Å². The van der Waals surface area contributed by atoms with Crippen LogP contribution in [-0.4, -0.2) is 23.3 Å². The zero-order valence-corrected chi connectivity index (χ0v) is 6.22. The average Bonchev–Trinajstić information content (AvgIpc) is 2.12. The number of halogens is 1. The Kier molecular flexibility index (Phi) is 3.73. The lowest BCUT2D eigenvalue weighted by molar-refractivity contribution is -0.143. The van der Waals surface area contributed by atoms with E-state index >= 15 is 0 Å². The number of rotatable bonds is 4. The van der Waals surface area contributed by atoms with Gasteiger partial charge in [0.05, 0.1) is 0 Å². The second-order valence-electron chi connectivity index (χ2n) is 1.85. The van der Waals surface area contributed by atoms with E-state index in [1.807, 2.05) is 0 Å². The maximum absolute atomic E-state index is 12.0. The summed E-state index contributed by atoms with van der Waals surface area (Å²) in [6.45, 7) is 1.34. The molecule has 0 bridgehead atoms. The SMILES string of the molecule is CCC(=O)C(=O)C(=O)C(F)=C=O. The molecule has 0 aromatic heterocycles. The maximum Gasteiger partial charge on any atom is 0.276 e. The van der Waals surface area contributed by atoms with Crippen LogP contribution in [0.3, 0.4) is 0 Å². The Morgan fingerprint density at radius 2 is 1.75 bits per heavy atom. The molecule has 0 aromatic carbocycles. The first-order valence-corrected chi connectivity index (χ1v) is 3.07. The van der Waals surface area contributed by atoms with E-state index in [1.54, 1.807) is 0 Å². The topological polar surface area (TPSA) is 68.3 Å². The fraction of sp³-hybridized carbons (Fsp3) is 0.286. The van der Waals surface area contributed by atoms with Crippen LogP contribution in [0.2, 0.25) is 0 Å². The van der Waals surface area contributed by atoms with Gasteiger partial charge in [0.1, 0.15) is 0 Å². The molecule has 0 saturated heterocycles. The van der Waals surface area contributed by atoms with Crippen molar-refractivity contribution < 1.29 is 23.6 Å². The van der Waals surface area contributed by atoms with Gasteiger partial charge in [-0.2, -0.15) is 4.39 Å². The Labute approximate surface area is 67.1 Å². The molecule has 4 nitrogen and oxygen atoms in total. The van der Waals surface area contributed by atoms with Crippen LogP contribution in [0, 0.1) is 0 Å². The molecule has 0 unspecified atom stereocenters. The summed E-state index contributed by atoms with van der Waals surface area (Å²) >= 11 is 0. The Morgan fingerprint density at radius 1 is 1.25 bits per heavy atom. The predicted octanol–water partition coefficient (Wildman–Crippen LogP) is -0.211. The van der Waals surface area contributed by atoms with E-state index in [0.29, 0.717) is 5.94 Å². The summed E-state index contributed by atoms with van der Waals surface area (Å²) in [5, 5.41) is 0. The molecule has 0 atom stereocenters. The second-order valence-corrected chi connectivity index (χ2v) is 1.85. The third-order valence-corrected chi connectivity index (χ3v) is 1.07. The molecule has 0 amide bonds. The Balaban J connectivity index is 4.63. The van der Waals surface area contributed by atoms with E-state index < -0.39 is 23.2 Å². The molecule has 5 heteroatoms. The van der Waals surface area contributed by atoms with Crippen LogP contribution in [-0.2, 0) is 19.2 Å². The van der Waals surface area contributed by atoms with Crippen molar-refractivity contribution in [3.63, 3.8) is 0 Å². The van der Waals surface area contributed by atoms with Gasteiger partial charge < -0.3 is 0 Å². The lowest BCUT2D eigenvalue weighted by atomic mass is 10.1. The minimum atomic E-state index is -1.86. The molecule has 0 heterocycles. The monoisotopic (exact) mass is 172 g/mol. The van der Waals surface area contributed by atoms with Crippen molar-refractivity contribution in [2.45, 2.75) is 13.3 Å². The fourth-order valence-corrected chi connectivity index (χ4v) is 0.433. The van der Waals surface area contributed by atoms with Gasteiger partial charge in [0.15, 0.2) is 5.94 Å². The van der Waals surface area contributed by atoms with Crippen molar-refractivity contribution in [2.24, 2.45) is 0 Å². The van der Waals surface area contributed by atoms with Crippen molar-refractivity contribution in [3.05, 3.63) is 5.83 Å². The van der Waals surface area contributed by atoms with E-state index in [-0.39, 0.29) is 6.42 Å². The van der Waals surface area contributed by atoms with Crippen LogP contribution in [0.1, 0.15) is 13.3 Å². The second kappa shape index (κ2) is 4.31. The summed E-state index contributed by atoms with van der Waals surface area (Å²) in [5.74, 6) is -5.52. The first kappa shape index (κ1) is 10.4. The number of ketones is 3. The number of hydrogen-bond donors (Lipinski definition) is 0. The Bertz CT molecular complexity index is 286. The fourth-order valence-electron chi connectivity index (χ4n) is 0.433. The molecule has 12 heavy (non-hydrogen) atoms. The summed E-state index contributed by atoms with van der Waals surface area (Å²) in [6, 6.07) is 0. The molecule has 0 aliphatic carbocycles. The summed E-state index contributed by atoms with van der Waals surface area (Å²) in [5.41, 5.74) is 0. The van der Waals surface area contributed by atoms with Crippen molar-refractivity contribution in [1.29, 1.82) is 0 Å². The maximum atomic E-state index is 12.0. The average molecular weight is 172 g/mol. The number of Topliss-reactive ketones (excluding diaryl/α,β-unsaturated/α-hetero) is 3. The smallest absolute Gasteiger partial charge is 0.276 e. The van der Waals surface area contributed by atoms with E-state index in [2.05, 4.69) is 0 Å². The van der Waals surface area contributed by atoms with Crippen LogP contribution in [0.5, 0.6) is 0 Å². The number of allylic oxidation sites excluding steroid dienone is 1. The highest BCUT2D eigenvalue weighted by atomic mass is 19.1. The molecule has 0 saturated carbocycles. The van der Waals surface area contributed by atoms with Gasteiger partial charge in [-0.25, -0.2) is 4.79 Å². The highest BCUT2D eigenvalue weighted by molar-refractivity contribution is 6.67. The third-order valence-electron chi connectivity index (χ3n) is 1.07. The molecule has 64 valence electrons. The molecule has 0 aromatic rings. The van der Waals surface area contributed by atoms with Gasteiger partial charge in [0, 0.05) is 6.42 Å². The molecule has 0 spiro atoms. The van der Waals surface area contributed by atoms with E-state index in [1.165, 1.54) is 6.92 Å². The molecule has 0 rings (SSSR count). The van der Waals surface area contributed by atoms with E-state index in [4.69, 9.17) is 0 Å². The van der Waals surface area contributed by atoms with Crippen LogP contribution in [0.4, 0.5) is 4.39 Å². The molecule has 0 aliphatic rings. The van der Waals surface area contributed by atoms with Gasteiger partial charge in [-0.1, -0.05) is 6.92 Å². The van der Waals surface area contributed by atoms with Gasteiger partial charge in [-0.05, 0) is 0 Å². The molecular formula is C7H5FO4. The highest BCUT2D eigenvalue weighted by Gasteiger charge is 2.25. The molecule has 0 aliphatic heterocycles. The first-order valence-electron chi connectivity index (χ1n) is 3.07. The largest absolute Gasteiger partial charge is 0.290 e. The van der Waals surface area contributed by atoms with Crippen molar-refractivity contribution in [1.82, 2.24) is 0 Å².